The smallest absolute Gasteiger partial charge is 0.339 e. The van der Waals surface area contributed by atoms with E-state index in [0.29, 0.717) is 0 Å². The van der Waals surface area contributed by atoms with Gasteiger partial charge in [-0.25, -0.2) is 13.2 Å². The van der Waals surface area contributed by atoms with Crippen LogP contribution in [-0.4, -0.2) is 36.5 Å². The second kappa shape index (κ2) is 8.65. The number of carboxylic acid groups (broad SMARTS) is 1. The summed E-state index contributed by atoms with van der Waals surface area (Å²) < 4.78 is 32.3. The summed E-state index contributed by atoms with van der Waals surface area (Å²) in [6, 6.07) is 12.2. The van der Waals surface area contributed by atoms with E-state index in [-0.39, 0.29) is 34.5 Å². The van der Waals surface area contributed by atoms with E-state index in [1.165, 1.54) is 18.2 Å². The van der Waals surface area contributed by atoms with E-state index in [1.54, 1.807) is 30.3 Å². The Balaban J connectivity index is 1.86. The molecule has 28 heavy (non-hydrogen) atoms. The summed E-state index contributed by atoms with van der Waals surface area (Å²) in [5, 5.41) is 18.1. The number of carbonyl (C=O) groups is 1. The van der Waals surface area contributed by atoms with Gasteiger partial charge >= 0.3 is 5.97 Å². The Bertz CT molecular complexity index is 917. The molecule has 2 aromatic rings. The highest BCUT2D eigenvalue weighted by Crippen LogP contribution is 2.33. The van der Waals surface area contributed by atoms with E-state index in [9.17, 15) is 18.3 Å². The Morgan fingerprint density at radius 2 is 1.75 bits per heavy atom. The second-order valence-corrected chi connectivity index (χ2v) is 9.26. The van der Waals surface area contributed by atoms with E-state index in [1.807, 2.05) is 0 Å². The molecule has 3 rings (SSSR count). The fourth-order valence-corrected chi connectivity index (χ4v) is 5.64. The number of aromatic hydroxyl groups is 1. The topological polar surface area (TPSA) is 101 Å². The van der Waals surface area contributed by atoms with Crippen molar-refractivity contribution in [1.29, 1.82) is 0 Å². The fourth-order valence-electron chi connectivity index (χ4n) is 3.72. The number of phenols is 1. The first-order valence-corrected chi connectivity index (χ1v) is 10.9. The Hall–Kier alpha value is -2.54. The minimum absolute atomic E-state index is 0.00462. The summed E-state index contributed by atoms with van der Waals surface area (Å²) >= 11 is 0. The van der Waals surface area contributed by atoms with Crippen molar-refractivity contribution in [2.24, 2.45) is 5.92 Å². The van der Waals surface area contributed by atoms with Crippen molar-refractivity contribution in [3.63, 3.8) is 0 Å². The largest absolute Gasteiger partial charge is 0.507 e. The average Bonchev–Trinajstić information content (AvgIpc) is 2.70. The third-order valence-corrected chi connectivity index (χ3v) is 7.51. The van der Waals surface area contributed by atoms with Gasteiger partial charge in [0.25, 0.3) is 0 Å². The van der Waals surface area contributed by atoms with Crippen LogP contribution in [0, 0.1) is 5.92 Å². The molecule has 0 spiro atoms. The standard InChI is InChI=1S/C21H24O6S/c22-19-12-11-16(13-18(19)21(23)24)27-14-20(15-7-3-1-4-8-15)28(25,26)17-9-5-2-6-10-17/h2,5-6,9-13,15,20,22H,1,3-4,7-8,14H2,(H,23,24). The quantitative estimate of drug-likeness (QED) is 0.726. The molecule has 0 aliphatic heterocycles. The summed E-state index contributed by atoms with van der Waals surface area (Å²) in [5.74, 6) is -1.42. The van der Waals surface area contributed by atoms with Crippen molar-refractivity contribution in [2.45, 2.75) is 42.2 Å². The minimum atomic E-state index is -3.60. The summed E-state index contributed by atoms with van der Waals surface area (Å²) in [4.78, 5) is 11.5. The number of rotatable bonds is 7. The number of ether oxygens (including phenoxy) is 1. The minimum Gasteiger partial charge on any atom is -0.507 e. The predicted molar refractivity (Wildman–Crippen MR) is 105 cm³/mol. The van der Waals surface area contributed by atoms with Gasteiger partial charge in [0.2, 0.25) is 0 Å². The van der Waals surface area contributed by atoms with Crippen LogP contribution in [0.1, 0.15) is 42.5 Å². The van der Waals surface area contributed by atoms with Crippen LogP contribution in [0.25, 0.3) is 0 Å². The number of sulfone groups is 1. The van der Waals surface area contributed by atoms with Gasteiger partial charge in [-0.1, -0.05) is 37.5 Å². The van der Waals surface area contributed by atoms with Gasteiger partial charge in [-0.05, 0) is 49.1 Å². The zero-order valence-corrected chi connectivity index (χ0v) is 16.3. The maximum Gasteiger partial charge on any atom is 0.339 e. The molecule has 1 aliphatic rings. The molecule has 0 amide bonds. The van der Waals surface area contributed by atoms with Gasteiger partial charge in [0.15, 0.2) is 9.84 Å². The lowest BCUT2D eigenvalue weighted by Gasteiger charge is -2.30. The Labute approximate surface area is 164 Å². The molecular formula is C21H24O6S. The van der Waals surface area contributed by atoms with Crippen molar-refractivity contribution < 1.29 is 28.2 Å². The molecule has 6 nitrogen and oxygen atoms in total. The Morgan fingerprint density at radius 1 is 1.07 bits per heavy atom. The summed E-state index contributed by atoms with van der Waals surface area (Å²) in [6.45, 7) is -0.0638. The predicted octanol–water partition coefficient (Wildman–Crippen LogP) is 3.89. The third kappa shape index (κ3) is 4.47. The van der Waals surface area contributed by atoms with Gasteiger partial charge in [-0.3, -0.25) is 0 Å². The molecule has 150 valence electrons. The monoisotopic (exact) mass is 404 g/mol. The van der Waals surface area contributed by atoms with Gasteiger partial charge < -0.3 is 14.9 Å². The van der Waals surface area contributed by atoms with Crippen LogP contribution in [0.3, 0.4) is 0 Å². The highest BCUT2D eigenvalue weighted by atomic mass is 32.2. The summed E-state index contributed by atoms with van der Waals surface area (Å²) in [7, 11) is -3.60. The van der Waals surface area contributed by atoms with E-state index in [0.717, 1.165) is 32.1 Å². The van der Waals surface area contributed by atoms with E-state index >= 15 is 0 Å². The number of benzene rings is 2. The third-order valence-electron chi connectivity index (χ3n) is 5.26. The number of hydrogen-bond acceptors (Lipinski definition) is 5. The van der Waals surface area contributed by atoms with Crippen molar-refractivity contribution >= 4 is 15.8 Å². The number of aromatic carboxylic acids is 1. The lowest BCUT2D eigenvalue weighted by atomic mass is 9.87. The van der Waals surface area contributed by atoms with Crippen LogP contribution in [-0.2, 0) is 9.84 Å². The van der Waals surface area contributed by atoms with Crippen LogP contribution in [0.4, 0.5) is 0 Å². The number of carboxylic acids is 1. The molecular weight excluding hydrogens is 380 g/mol. The van der Waals surface area contributed by atoms with Crippen molar-refractivity contribution in [3.05, 3.63) is 54.1 Å². The first-order valence-electron chi connectivity index (χ1n) is 9.37. The maximum atomic E-state index is 13.3. The Morgan fingerprint density at radius 3 is 2.39 bits per heavy atom. The van der Waals surface area contributed by atoms with Gasteiger partial charge in [0.05, 0.1) is 4.90 Å². The molecule has 0 saturated heterocycles. The second-order valence-electron chi connectivity index (χ2n) is 7.09. The molecule has 1 saturated carbocycles. The first kappa shape index (κ1) is 20.2. The molecule has 2 aromatic carbocycles. The lowest BCUT2D eigenvalue weighted by molar-refractivity contribution is 0.0693. The van der Waals surface area contributed by atoms with Crippen LogP contribution in [0.15, 0.2) is 53.4 Å². The molecule has 2 N–H and O–H groups in total. The van der Waals surface area contributed by atoms with Crippen LogP contribution in [0.2, 0.25) is 0 Å². The zero-order chi connectivity index (χ0) is 20.1. The normalized spacial score (nSPS) is 16.4. The van der Waals surface area contributed by atoms with Crippen LogP contribution < -0.4 is 4.74 Å². The maximum absolute atomic E-state index is 13.3. The van der Waals surface area contributed by atoms with E-state index in [2.05, 4.69) is 0 Å². The molecule has 0 aromatic heterocycles. The molecule has 0 radical (unpaired) electrons. The average molecular weight is 404 g/mol. The highest BCUT2D eigenvalue weighted by Gasteiger charge is 2.36. The summed E-state index contributed by atoms with van der Waals surface area (Å²) in [5.41, 5.74) is -0.280. The van der Waals surface area contributed by atoms with E-state index in [4.69, 9.17) is 9.84 Å². The fraction of sp³-hybridized carbons (Fsp3) is 0.381. The van der Waals surface area contributed by atoms with E-state index < -0.39 is 21.1 Å². The van der Waals surface area contributed by atoms with Gasteiger partial charge in [0, 0.05) is 0 Å². The number of hydrogen-bond donors (Lipinski definition) is 2. The van der Waals surface area contributed by atoms with Crippen LogP contribution >= 0.6 is 0 Å². The highest BCUT2D eigenvalue weighted by molar-refractivity contribution is 7.92. The van der Waals surface area contributed by atoms with Crippen molar-refractivity contribution in [2.75, 3.05) is 6.61 Å². The van der Waals surface area contributed by atoms with Gasteiger partial charge in [-0.15, -0.1) is 0 Å². The summed E-state index contributed by atoms with van der Waals surface area (Å²) in [6.07, 6.45) is 4.75. The van der Waals surface area contributed by atoms with Gasteiger partial charge in [-0.2, -0.15) is 0 Å². The molecule has 1 fully saturated rings. The molecule has 1 unspecified atom stereocenters. The van der Waals surface area contributed by atoms with Crippen LogP contribution in [0.5, 0.6) is 11.5 Å². The molecule has 0 heterocycles. The molecule has 1 atom stereocenters. The lowest BCUT2D eigenvalue weighted by Crippen LogP contribution is -2.36. The van der Waals surface area contributed by atoms with Gasteiger partial charge in [0.1, 0.15) is 28.9 Å². The molecule has 0 bridgehead atoms. The first-order chi connectivity index (χ1) is 13.4. The van der Waals surface area contributed by atoms with Crippen molar-refractivity contribution in [3.8, 4) is 11.5 Å². The Kier molecular flexibility index (Phi) is 6.24. The SMILES string of the molecule is O=C(O)c1cc(OCC(C2CCCCC2)S(=O)(=O)c2ccccc2)ccc1O. The molecule has 7 heteroatoms. The zero-order valence-electron chi connectivity index (χ0n) is 15.5. The van der Waals surface area contributed by atoms with Crippen molar-refractivity contribution in [1.82, 2.24) is 0 Å². The molecule has 1 aliphatic carbocycles.